The summed E-state index contributed by atoms with van der Waals surface area (Å²) in [7, 11) is 0. The molecule has 6 heteroatoms. The summed E-state index contributed by atoms with van der Waals surface area (Å²) < 4.78 is 4.93. The number of aromatic nitrogens is 2. The third-order valence-corrected chi connectivity index (χ3v) is 3.55. The molecule has 0 bridgehead atoms. The van der Waals surface area contributed by atoms with Crippen LogP contribution in [0.15, 0.2) is 33.7 Å². The molecule has 0 radical (unpaired) electrons. The molecule has 106 valence electrons. The van der Waals surface area contributed by atoms with Gasteiger partial charge in [0.25, 0.3) is 5.91 Å². The molecule has 5 nitrogen and oxygen atoms in total. The fraction of sp³-hybridized carbons (Fsp3) is 0.357. The maximum Gasteiger partial charge on any atom is 0.252 e. The highest BCUT2D eigenvalue weighted by molar-refractivity contribution is 7.98. The summed E-state index contributed by atoms with van der Waals surface area (Å²) in [5.41, 5.74) is 0.673. The second kappa shape index (κ2) is 6.56. The zero-order chi connectivity index (χ0) is 14.5. The molecule has 0 aliphatic rings. The Bertz CT molecular complexity index is 596. The van der Waals surface area contributed by atoms with E-state index in [9.17, 15) is 4.79 Å². The second-order valence-electron chi connectivity index (χ2n) is 4.64. The van der Waals surface area contributed by atoms with Gasteiger partial charge in [-0.25, -0.2) is 0 Å². The third-order valence-electron chi connectivity index (χ3n) is 2.48. The number of nitrogens with one attached hydrogen (secondary N) is 1. The predicted octanol–water partition coefficient (Wildman–Crippen LogP) is 2.81. The summed E-state index contributed by atoms with van der Waals surface area (Å²) in [6, 6.07) is 7.63. The Morgan fingerprint density at radius 2 is 2.15 bits per heavy atom. The van der Waals surface area contributed by atoms with Gasteiger partial charge < -0.3 is 9.84 Å². The van der Waals surface area contributed by atoms with Crippen molar-refractivity contribution >= 4 is 17.7 Å². The molecule has 0 atom stereocenters. The van der Waals surface area contributed by atoms with Crippen LogP contribution < -0.4 is 5.32 Å². The Kier molecular flexibility index (Phi) is 4.79. The molecule has 0 spiro atoms. The topological polar surface area (TPSA) is 68.0 Å². The van der Waals surface area contributed by atoms with E-state index in [1.807, 2.05) is 38.1 Å². The number of nitrogens with zero attached hydrogens (tertiary/aromatic N) is 2. The third kappa shape index (κ3) is 3.84. The number of aryl methyl sites for hydroxylation is 1. The van der Waals surface area contributed by atoms with E-state index in [0.717, 1.165) is 4.90 Å². The quantitative estimate of drug-likeness (QED) is 0.858. The van der Waals surface area contributed by atoms with E-state index in [0.29, 0.717) is 23.0 Å². The van der Waals surface area contributed by atoms with Gasteiger partial charge in [0.2, 0.25) is 5.89 Å². The van der Waals surface area contributed by atoms with Crippen LogP contribution in [0.3, 0.4) is 0 Å². The molecular formula is C14H17N3O2S. The van der Waals surface area contributed by atoms with Crippen LogP contribution in [0.1, 0.15) is 35.9 Å². The molecule has 1 N–H and O–H groups in total. The van der Waals surface area contributed by atoms with Crippen molar-refractivity contribution in [3.63, 3.8) is 0 Å². The lowest BCUT2D eigenvalue weighted by Gasteiger charge is -2.11. The summed E-state index contributed by atoms with van der Waals surface area (Å²) in [6.07, 6.45) is 0. The molecule has 1 amide bonds. The van der Waals surface area contributed by atoms with Crippen LogP contribution in [0.2, 0.25) is 0 Å². The van der Waals surface area contributed by atoms with E-state index >= 15 is 0 Å². The first-order valence-electron chi connectivity index (χ1n) is 6.38. The van der Waals surface area contributed by atoms with Crippen molar-refractivity contribution in [2.75, 3.05) is 0 Å². The standard InChI is InChI=1S/C14H17N3O2S/c1-9(2)15-14(18)11-6-4-5-7-12(11)20-8-13-16-10(3)19-17-13/h4-7,9H,8H2,1-3H3,(H,15,18). The van der Waals surface area contributed by atoms with Crippen molar-refractivity contribution in [1.82, 2.24) is 15.5 Å². The Labute approximate surface area is 122 Å². The predicted molar refractivity (Wildman–Crippen MR) is 77.6 cm³/mol. The maximum absolute atomic E-state index is 12.1. The Balaban J connectivity index is 2.09. The van der Waals surface area contributed by atoms with Gasteiger partial charge in [0.15, 0.2) is 5.82 Å². The molecule has 0 saturated carbocycles. The summed E-state index contributed by atoms with van der Waals surface area (Å²) in [6.45, 7) is 5.64. The highest BCUT2D eigenvalue weighted by Gasteiger charge is 2.13. The summed E-state index contributed by atoms with van der Waals surface area (Å²) in [5, 5.41) is 6.75. The fourth-order valence-electron chi connectivity index (χ4n) is 1.66. The van der Waals surface area contributed by atoms with Gasteiger partial charge in [-0.15, -0.1) is 11.8 Å². The summed E-state index contributed by atoms with van der Waals surface area (Å²) in [5.74, 6) is 1.69. The lowest BCUT2D eigenvalue weighted by molar-refractivity contribution is 0.0940. The molecule has 1 aromatic carbocycles. The molecule has 2 rings (SSSR count). The highest BCUT2D eigenvalue weighted by Crippen LogP contribution is 2.25. The van der Waals surface area contributed by atoms with Gasteiger partial charge in [0, 0.05) is 17.9 Å². The van der Waals surface area contributed by atoms with Crippen LogP contribution in [0, 0.1) is 6.92 Å². The molecule has 0 unspecified atom stereocenters. The number of rotatable bonds is 5. The van der Waals surface area contributed by atoms with Gasteiger partial charge in [-0.05, 0) is 26.0 Å². The summed E-state index contributed by atoms with van der Waals surface area (Å²) >= 11 is 1.52. The molecule has 20 heavy (non-hydrogen) atoms. The number of benzene rings is 1. The number of hydrogen-bond acceptors (Lipinski definition) is 5. The van der Waals surface area contributed by atoms with Gasteiger partial charge in [-0.3, -0.25) is 4.79 Å². The number of amides is 1. The number of carbonyl (C=O) groups is 1. The van der Waals surface area contributed by atoms with Crippen molar-refractivity contribution in [3.05, 3.63) is 41.5 Å². The maximum atomic E-state index is 12.1. The second-order valence-corrected chi connectivity index (χ2v) is 5.66. The Morgan fingerprint density at radius 1 is 1.40 bits per heavy atom. The van der Waals surface area contributed by atoms with Crippen LogP contribution in [0.4, 0.5) is 0 Å². The molecule has 1 heterocycles. The molecule has 1 aromatic heterocycles. The highest BCUT2D eigenvalue weighted by atomic mass is 32.2. The van der Waals surface area contributed by atoms with Crippen LogP contribution in [0.5, 0.6) is 0 Å². The Morgan fingerprint density at radius 3 is 2.80 bits per heavy atom. The number of carbonyl (C=O) groups excluding carboxylic acids is 1. The van der Waals surface area contributed by atoms with E-state index in [1.54, 1.807) is 6.92 Å². The van der Waals surface area contributed by atoms with Crippen molar-refractivity contribution in [2.45, 2.75) is 37.5 Å². The largest absolute Gasteiger partial charge is 0.350 e. The molecule has 2 aromatic rings. The van der Waals surface area contributed by atoms with Gasteiger partial charge in [-0.2, -0.15) is 4.98 Å². The molecule has 0 saturated heterocycles. The minimum absolute atomic E-state index is 0.0626. The molecule has 0 fully saturated rings. The average Bonchev–Trinajstić information content (AvgIpc) is 2.82. The minimum Gasteiger partial charge on any atom is -0.350 e. The first-order valence-corrected chi connectivity index (χ1v) is 7.36. The van der Waals surface area contributed by atoms with E-state index in [-0.39, 0.29) is 11.9 Å². The van der Waals surface area contributed by atoms with E-state index in [4.69, 9.17) is 4.52 Å². The SMILES string of the molecule is Cc1nc(CSc2ccccc2C(=O)NC(C)C)no1. The zero-order valence-electron chi connectivity index (χ0n) is 11.7. The van der Waals surface area contributed by atoms with E-state index < -0.39 is 0 Å². The van der Waals surface area contributed by atoms with Gasteiger partial charge >= 0.3 is 0 Å². The fourth-order valence-corrected chi connectivity index (χ4v) is 2.56. The lowest BCUT2D eigenvalue weighted by Crippen LogP contribution is -2.30. The lowest BCUT2D eigenvalue weighted by atomic mass is 10.2. The average molecular weight is 291 g/mol. The number of hydrogen-bond donors (Lipinski definition) is 1. The van der Waals surface area contributed by atoms with Gasteiger partial charge in [0.1, 0.15) is 0 Å². The molecule has 0 aliphatic carbocycles. The minimum atomic E-state index is -0.0626. The number of thioether (sulfide) groups is 1. The van der Waals surface area contributed by atoms with Crippen LogP contribution in [0.25, 0.3) is 0 Å². The molecule has 0 aliphatic heterocycles. The smallest absolute Gasteiger partial charge is 0.252 e. The first-order chi connectivity index (χ1) is 9.56. The van der Waals surface area contributed by atoms with Crippen molar-refractivity contribution in [2.24, 2.45) is 0 Å². The van der Waals surface area contributed by atoms with Crippen LogP contribution >= 0.6 is 11.8 Å². The monoisotopic (exact) mass is 291 g/mol. The van der Waals surface area contributed by atoms with Gasteiger partial charge in [-0.1, -0.05) is 17.3 Å². The zero-order valence-corrected chi connectivity index (χ0v) is 12.5. The summed E-state index contributed by atoms with van der Waals surface area (Å²) in [4.78, 5) is 17.2. The van der Waals surface area contributed by atoms with Crippen LogP contribution in [-0.2, 0) is 5.75 Å². The Hall–Kier alpha value is -1.82. The normalized spacial score (nSPS) is 10.8. The van der Waals surface area contributed by atoms with Gasteiger partial charge in [0.05, 0.1) is 11.3 Å². The van der Waals surface area contributed by atoms with E-state index in [1.165, 1.54) is 11.8 Å². The first kappa shape index (κ1) is 14.6. The van der Waals surface area contributed by atoms with Crippen molar-refractivity contribution in [3.8, 4) is 0 Å². The van der Waals surface area contributed by atoms with E-state index in [2.05, 4.69) is 15.5 Å². The van der Waals surface area contributed by atoms with Crippen LogP contribution in [-0.4, -0.2) is 22.1 Å². The van der Waals surface area contributed by atoms with Crippen molar-refractivity contribution in [1.29, 1.82) is 0 Å². The van der Waals surface area contributed by atoms with Crippen molar-refractivity contribution < 1.29 is 9.32 Å². The molecular weight excluding hydrogens is 274 g/mol.